The molecule has 1 aliphatic heterocycles. The zero-order valence-electron chi connectivity index (χ0n) is 11.6. The summed E-state index contributed by atoms with van der Waals surface area (Å²) >= 11 is 5.43. The Morgan fingerprint density at radius 2 is 2.00 bits per heavy atom. The van der Waals surface area contributed by atoms with Gasteiger partial charge in [-0.3, -0.25) is 4.68 Å². The Bertz CT molecular complexity index is 629. The first-order chi connectivity index (χ1) is 9.16. The van der Waals surface area contributed by atoms with E-state index in [0.29, 0.717) is 0 Å². The number of H-pyrrole nitrogens is 1. The smallest absolute Gasteiger partial charge is 0.179 e. The van der Waals surface area contributed by atoms with Gasteiger partial charge >= 0.3 is 0 Å². The lowest BCUT2D eigenvalue weighted by Crippen LogP contribution is -2.21. The third-order valence-electron chi connectivity index (χ3n) is 3.98. The fourth-order valence-corrected chi connectivity index (χ4v) is 3.32. The maximum atomic E-state index is 5.43. The molecule has 0 bridgehead atoms. The summed E-state index contributed by atoms with van der Waals surface area (Å²) in [6.07, 6.45) is 3.86. The third-order valence-corrected chi connectivity index (χ3v) is 4.30. The van der Waals surface area contributed by atoms with Crippen molar-refractivity contribution in [3.05, 3.63) is 10.5 Å². The first-order valence-electron chi connectivity index (χ1n) is 7.01. The van der Waals surface area contributed by atoms with Crippen LogP contribution in [0, 0.1) is 11.7 Å². The number of nitrogens with zero attached hydrogens (tertiary/aromatic N) is 4. The number of imidazole rings is 1. The monoisotopic (exact) mass is 279 g/mol. The molecule has 0 amide bonds. The number of aromatic amines is 1. The Balaban J connectivity index is 1.76. The molecule has 19 heavy (non-hydrogen) atoms. The van der Waals surface area contributed by atoms with E-state index in [9.17, 15) is 0 Å². The van der Waals surface area contributed by atoms with Gasteiger partial charge in [-0.15, -0.1) is 0 Å². The summed E-state index contributed by atoms with van der Waals surface area (Å²) in [6.45, 7) is 6.68. The van der Waals surface area contributed by atoms with Crippen molar-refractivity contribution in [2.45, 2.75) is 32.7 Å². The Hall–Kier alpha value is -1.14. The van der Waals surface area contributed by atoms with Crippen molar-refractivity contribution >= 4 is 23.4 Å². The van der Waals surface area contributed by atoms with E-state index >= 15 is 0 Å². The number of rotatable bonds is 4. The minimum Gasteiger partial charge on any atom is -0.328 e. The molecule has 1 N–H and O–H groups in total. The average Bonchev–Trinajstić information content (AvgIpc) is 3.03. The van der Waals surface area contributed by atoms with E-state index < -0.39 is 0 Å². The summed E-state index contributed by atoms with van der Waals surface area (Å²) < 4.78 is 4.92. The summed E-state index contributed by atoms with van der Waals surface area (Å²) in [5, 5.41) is 4.45. The summed E-state index contributed by atoms with van der Waals surface area (Å²) in [4.78, 5) is 5.82. The predicted octanol–water partition coefficient (Wildman–Crippen LogP) is 2.23. The Kier molecular flexibility index (Phi) is 3.45. The van der Waals surface area contributed by atoms with E-state index in [4.69, 9.17) is 12.2 Å². The van der Waals surface area contributed by atoms with Crippen LogP contribution in [0.4, 0.5) is 0 Å². The summed E-state index contributed by atoms with van der Waals surface area (Å²) in [5.41, 5.74) is 3.21. The lowest BCUT2D eigenvalue weighted by molar-refractivity contribution is 0.325. The summed E-state index contributed by atoms with van der Waals surface area (Å²) in [5.74, 6) is 0. The van der Waals surface area contributed by atoms with Gasteiger partial charge in [0.2, 0.25) is 0 Å². The third kappa shape index (κ3) is 2.34. The van der Waals surface area contributed by atoms with Crippen molar-refractivity contribution < 1.29 is 0 Å². The fourth-order valence-electron chi connectivity index (χ4n) is 3.04. The van der Waals surface area contributed by atoms with Gasteiger partial charge in [0.1, 0.15) is 5.52 Å². The van der Waals surface area contributed by atoms with Crippen LogP contribution in [0.25, 0.3) is 11.2 Å². The molecule has 0 radical (unpaired) electrons. The molecule has 3 rings (SSSR count). The number of hydrogen-bond acceptors (Lipinski definition) is 3. The predicted molar refractivity (Wildman–Crippen MR) is 78.9 cm³/mol. The van der Waals surface area contributed by atoms with Gasteiger partial charge in [0.05, 0.1) is 5.69 Å². The normalized spacial score (nSPS) is 16.7. The maximum Gasteiger partial charge on any atom is 0.179 e. The number of nitrogens with one attached hydrogen (secondary N) is 1. The lowest BCUT2D eigenvalue weighted by Gasteiger charge is -2.14. The number of fused-ring (bicyclic) bond motifs is 1. The Morgan fingerprint density at radius 3 is 2.74 bits per heavy atom. The molecule has 2 aromatic rings. The van der Waals surface area contributed by atoms with Gasteiger partial charge in [-0.2, -0.15) is 5.10 Å². The van der Waals surface area contributed by atoms with Crippen LogP contribution in [-0.2, 0) is 13.6 Å². The van der Waals surface area contributed by atoms with Gasteiger partial charge in [-0.1, -0.05) is 0 Å². The standard InChI is InChI=1S/C13H21N5S/c1-10-11-12(16(2)15-10)18(13(19)14-11)9-5-8-17-6-3-4-7-17/h3-9H2,1-2H3,(H,14,19). The molecule has 1 aliphatic rings. The highest BCUT2D eigenvalue weighted by Crippen LogP contribution is 2.17. The van der Waals surface area contributed by atoms with Crippen LogP contribution in [0.15, 0.2) is 0 Å². The van der Waals surface area contributed by atoms with Crippen molar-refractivity contribution in [1.29, 1.82) is 0 Å². The molecule has 0 atom stereocenters. The molecule has 0 saturated carbocycles. The number of likely N-dealkylation sites (tertiary alicyclic amines) is 1. The SMILES string of the molecule is Cc1nn(C)c2c1[nH]c(=S)n2CCCN1CCCC1. The highest BCUT2D eigenvalue weighted by atomic mass is 32.1. The van der Waals surface area contributed by atoms with Crippen LogP contribution in [0.5, 0.6) is 0 Å². The van der Waals surface area contributed by atoms with Crippen LogP contribution in [0.3, 0.4) is 0 Å². The Morgan fingerprint density at radius 1 is 1.26 bits per heavy atom. The second-order valence-electron chi connectivity index (χ2n) is 5.39. The summed E-state index contributed by atoms with van der Waals surface area (Å²) in [6, 6.07) is 0. The number of hydrogen-bond donors (Lipinski definition) is 1. The van der Waals surface area contributed by atoms with Crippen molar-refractivity contribution in [1.82, 2.24) is 24.2 Å². The van der Waals surface area contributed by atoms with E-state index in [1.165, 1.54) is 32.5 Å². The van der Waals surface area contributed by atoms with E-state index in [-0.39, 0.29) is 0 Å². The van der Waals surface area contributed by atoms with Crippen molar-refractivity contribution in [2.75, 3.05) is 19.6 Å². The molecule has 0 unspecified atom stereocenters. The molecule has 1 saturated heterocycles. The van der Waals surface area contributed by atoms with Crippen LogP contribution >= 0.6 is 12.2 Å². The molecule has 1 fully saturated rings. The largest absolute Gasteiger partial charge is 0.328 e. The highest BCUT2D eigenvalue weighted by Gasteiger charge is 2.14. The minimum absolute atomic E-state index is 0.813. The quantitative estimate of drug-likeness (QED) is 0.873. The molecule has 0 aromatic carbocycles. The average molecular weight is 279 g/mol. The molecule has 0 aliphatic carbocycles. The molecular formula is C13H21N5S. The van der Waals surface area contributed by atoms with Gasteiger partial charge in [-0.05, 0) is 58.0 Å². The van der Waals surface area contributed by atoms with Crippen molar-refractivity contribution in [3.63, 3.8) is 0 Å². The maximum absolute atomic E-state index is 5.43. The van der Waals surface area contributed by atoms with Crippen LogP contribution < -0.4 is 0 Å². The number of aryl methyl sites for hydroxylation is 3. The Labute approximate surface area is 118 Å². The van der Waals surface area contributed by atoms with E-state index in [1.54, 1.807) is 0 Å². The zero-order valence-corrected chi connectivity index (χ0v) is 12.5. The molecule has 2 aromatic heterocycles. The fraction of sp³-hybridized carbons (Fsp3) is 0.692. The topological polar surface area (TPSA) is 41.8 Å². The first kappa shape index (κ1) is 12.9. The highest BCUT2D eigenvalue weighted by molar-refractivity contribution is 7.71. The summed E-state index contributed by atoms with van der Waals surface area (Å²) in [7, 11) is 1.98. The van der Waals surface area contributed by atoms with Crippen LogP contribution in [0.2, 0.25) is 0 Å². The molecule has 3 heterocycles. The zero-order chi connectivity index (χ0) is 13.4. The van der Waals surface area contributed by atoms with Crippen molar-refractivity contribution in [3.8, 4) is 0 Å². The van der Waals surface area contributed by atoms with Crippen molar-refractivity contribution in [2.24, 2.45) is 7.05 Å². The second kappa shape index (κ2) is 5.09. The van der Waals surface area contributed by atoms with Gasteiger partial charge in [0, 0.05) is 13.6 Å². The van der Waals surface area contributed by atoms with Crippen LogP contribution in [0.1, 0.15) is 25.0 Å². The number of aromatic nitrogens is 4. The van der Waals surface area contributed by atoms with E-state index in [1.807, 2.05) is 18.7 Å². The molecule has 0 spiro atoms. The van der Waals surface area contributed by atoms with Gasteiger partial charge < -0.3 is 14.5 Å². The first-order valence-corrected chi connectivity index (χ1v) is 7.42. The van der Waals surface area contributed by atoms with Crippen LogP contribution in [-0.4, -0.2) is 43.9 Å². The second-order valence-corrected chi connectivity index (χ2v) is 5.78. The molecule has 5 nitrogen and oxygen atoms in total. The van der Waals surface area contributed by atoms with Gasteiger partial charge in [0.25, 0.3) is 0 Å². The molecular weight excluding hydrogens is 258 g/mol. The van der Waals surface area contributed by atoms with E-state index in [0.717, 1.165) is 34.6 Å². The minimum atomic E-state index is 0.813. The lowest BCUT2D eigenvalue weighted by atomic mass is 10.4. The van der Waals surface area contributed by atoms with Gasteiger partial charge in [0.15, 0.2) is 10.4 Å². The van der Waals surface area contributed by atoms with E-state index in [2.05, 4.69) is 19.5 Å². The molecule has 104 valence electrons. The van der Waals surface area contributed by atoms with Gasteiger partial charge in [-0.25, -0.2) is 0 Å². The molecule has 6 heteroatoms.